The van der Waals surface area contributed by atoms with Gasteiger partial charge in [-0.15, -0.1) is 0 Å². The molecule has 6 heteroatoms. The zero-order valence-electron chi connectivity index (χ0n) is 16.7. The number of carbonyl (C=O) groups excluding carboxylic acids is 2. The lowest BCUT2D eigenvalue weighted by Crippen LogP contribution is -2.17. The van der Waals surface area contributed by atoms with E-state index < -0.39 is 11.9 Å². The fourth-order valence-corrected chi connectivity index (χ4v) is 3.24. The van der Waals surface area contributed by atoms with Gasteiger partial charge in [0.25, 0.3) is 0 Å². The standard InChI is InChI=1S/C24H20Cl2O4/c1-24(2,3)18-14-15(29-22(27)16-8-4-6-10-19(16)25)12-13-21(18)30-23(28)17-9-5-7-11-20(17)26/h4-14H,1-3H3. The number of ether oxygens (including phenoxy) is 2. The molecule has 0 heterocycles. The third-order valence-electron chi connectivity index (χ3n) is 4.36. The van der Waals surface area contributed by atoms with Crippen molar-refractivity contribution in [2.45, 2.75) is 26.2 Å². The maximum Gasteiger partial charge on any atom is 0.345 e. The molecule has 0 saturated carbocycles. The highest BCUT2D eigenvalue weighted by Crippen LogP contribution is 2.35. The van der Waals surface area contributed by atoms with Crippen molar-refractivity contribution in [3.05, 3.63) is 93.5 Å². The van der Waals surface area contributed by atoms with Crippen molar-refractivity contribution in [2.75, 3.05) is 0 Å². The minimum Gasteiger partial charge on any atom is -0.423 e. The molecular formula is C24H20Cl2O4. The first-order valence-electron chi connectivity index (χ1n) is 9.25. The number of hydrogen-bond acceptors (Lipinski definition) is 4. The van der Waals surface area contributed by atoms with E-state index in [4.69, 9.17) is 32.7 Å². The maximum atomic E-state index is 12.6. The van der Waals surface area contributed by atoms with Gasteiger partial charge in [0, 0.05) is 5.56 Å². The molecule has 3 aromatic carbocycles. The van der Waals surface area contributed by atoms with Gasteiger partial charge in [0.1, 0.15) is 11.5 Å². The van der Waals surface area contributed by atoms with Crippen LogP contribution in [-0.2, 0) is 5.41 Å². The van der Waals surface area contributed by atoms with E-state index in [1.807, 2.05) is 20.8 Å². The van der Waals surface area contributed by atoms with Crippen LogP contribution in [0.4, 0.5) is 0 Å². The van der Waals surface area contributed by atoms with Gasteiger partial charge in [0.05, 0.1) is 21.2 Å². The molecule has 154 valence electrons. The first kappa shape index (κ1) is 21.9. The van der Waals surface area contributed by atoms with Crippen molar-refractivity contribution in [3.8, 4) is 11.5 Å². The molecule has 0 atom stereocenters. The van der Waals surface area contributed by atoms with Crippen molar-refractivity contribution in [1.29, 1.82) is 0 Å². The summed E-state index contributed by atoms with van der Waals surface area (Å²) < 4.78 is 11.1. The number of carbonyl (C=O) groups is 2. The SMILES string of the molecule is CC(C)(C)c1cc(OC(=O)c2ccccc2Cl)ccc1OC(=O)c1ccccc1Cl. The zero-order valence-corrected chi connectivity index (χ0v) is 18.3. The second-order valence-electron chi connectivity index (χ2n) is 7.65. The predicted molar refractivity (Wildman–Crippen MR) is 118 cm³/mol. The molecule has 0 aromatic heterocycles. The Labute approximate surface area is 185 Å². The summed E-state index contributed by atoms with van der Waals surface area (Å²) in [5, 5.41) is 0.619. The van der Waals surface area contributed by atoms with Gasteiger partial charge >= 0.3 is 11.9 Å². The molecular weight excluding hydrogens is 423 g/mol. The van der Waals surface area contributed by atoms with Gasteiger partial charge in [-0.3, -0.25) is 0 Å². The molecule has 4 nitrogen and oxygen atoms in total. The third-order valence-corrected chi connectivity index (χ3v) is 5.02. The van der Waals surface area contributed by atoms with Crippen LogP contribution >= 0.6 is 23.2 Å². The minimum atomic E-state index is -0.568. The van der Waals surface area contributed by atoms with Crippen LogP contribution < -0.4 is 9.47 Å². The molecule has 3 aromatic rings. The van der Waals surface area contributed by atoms with Crippen molar-refractivity contribution in [1.82, 2.24) is 0 Å². The normalized spacial score (nSPS) is 11.1. The van der Waals surface area contributed by atoms with E-state index in [1.165, 1.54) is 0 Å². The predicted octanol–water partition coefficient (Wildman–Crippen LogP) is 6.73. The first-order valence-corrected chi connectivity index (χ1v) is 10.0. The Balaban J connectivity index is 1.89. The van der Waals surface area contributed by atoms with Gasteiger partial charge < -0.3 is 9.47 Å². The molecule has 0 fully saturated rings. The fourth-order valence-electron chi connectivity index (χ4n) is 2.82. The molecule has 0 bridgehead atoms. The average Bonchev–Trinajstić information content (AvgIpc) is 2.69. The molecule has 0 N–H and O–H groups in total. The van der Waals surface area contributed by atoms with Crippen LogP contribution in [0.25, 0.3) is 0 Å². The van der Waals surface area contributed by atoms with Crippen LogP contribution in [0.5, 0.6) is 11.5 Å². The number of halogens is 2. The fraction of sp³-hybridized carbons (Fsp3) is 0.167. The topological polar surface area (TPSA) is 52.6 Å². The summed E-state index contributed by atoms with van der Waals surface area (Å²) in [5.41, 5.74) is 0.856. The van der Waals surface area contributed by atoms with Gasteiger partial charge in [-0.25, -0.2) is 9.59 Å². The van der Waals surface area contributed by atoms with Crippen molar-refractivity contribution >= 4 is 35.1 Å². The van der Waals surface area contributed by atoms with Gasteiger partial charge in [0.15, 0.2) is 0 Å². The maximum absolute atomic E-state index is 12.6. The molecule has 0 saturated heterocycles. The van der Waals surface area contributed by atoms with E-state index in [9.17, 15) is 9.59 Å². The van der Waals surface area contributed by atoms with Crippen LogP contribution in [0.2, 0.25) is 10.0 Å². The summed E-state index contributed by atoms with van der Waals surface area (Å²) in [6.45, 7) is 5.90. The first-order chi connectivity index (χ1) is 14.2. The van der Waals surface area contributed by atoms with E-state index in [1.54, 1.807) is 66.7 Å². The largest absolute Gasteiger partial charge is 0.423 e. The summed E-state index contributed by atoms with van der Waals surface area (Å²) in [5.74, 6) is -0.444. The van der Waals surface area contributed by atoms with Crippen LogP contribution in [0.1, 0.15) is 47.1 Å². The zero-order chi connectivity index (χ0) is 21.9. The lowest BCUT2D eigenvalue weighted by molar-refractivity contribution is 0.0717. The third kappa shape index (κ3) is 5.02. The minimum absolute atomic E-state index is 0.269. The summed E-state index contributed by atoms with van der Waals surface area (Å²) in [7, 11) is 0. The number of hydrogen-bond donors (Lipinski definition) is 0. The van der Waals surface area contributed by atoms with Crippen LogP contribution in [0.15, 0.2) is 66.7 Å². The van der Waals surface area contributed by atoms with Crippen LogP contribution in [0.3, 0.4) is 0 Å². The Bertz CT molecular complexity index is 1100. The Morgan fingerprint density at radius 2 is 1.23 bits per heavy atom. The lowest BCUT2D eigenvalue weighted by Gasteiger charge is -2.23. The Hall–Kier alpha value is -2.82. The average molecular weight is 443 g/mol. The molecule has 0 amide bonds. The Morgan fingerprint density at radius 1 is 0.733 bits per heavy atom. The summed E-state index contributed by atoms with van der Waals surface area (Å²) in [6.07, 6.45) is 0. The highest BCUT2D eigenvalue weighted by atomic mass is 35.5. The summed E-state index contributed by atoms with van der Waals surface area (Å²) in [6, 6.07) is 18.2. The molecule has 0 spiro atoms. The van der Waals surface area contributed by atoms with E-state index in [0.29, 0.717) is 27.1 Å². The molecule has 0 aliphatic heterocycles. The Morgan fingerprint density at radius 3 is 1.73 bits per heavy atom. The second kappa shape index (κ2) is 8.90. The van der Waals surface area contributed by atoms with E-state index in [2.05, 4.69) is 0 Å². The quantitative estimate of drug-likeness (QED) is 0.332. The summed E-state index contributed by atoms with van der Waals surface area (Å²) in [4.78, 5) is 25.1. The number of rotatable bonds is 4. The van der Waals surface area contributed by atoms with E-state index in [-0.39, 0.29) is 16.5 Å². The summed E-state index contributed by atoms with van der Waals surface area (Å²) >= 11 is 12.2. The molecule has 0 unspecified atom stereocenters. The lowest BCUT2D eigenvalue weighted by atomic mass is 9.86. The highest BCUT2D eigenvalue weighted by Gasteiger charge is 2.24. The van der Waals surface area contributed by atoms with Crippen molar-refractivity contribution in [3.63, 3.8) is 0 Å². The van der Waals surface area contributed by atoms with Gasteiger partial charge in [-0.2, -0.15) is 0 Å². The van der Waals surface area contributed by atoms with Crippen molar-refractivity contribution < 1.29 is 19.1 Å². The van der Waals surface area contributed by atoms with E-state index in [0.717, 1.165) is 0 Å². The van der Waals surface area contributed by atoms with Gasteiger partial charge in [-0.05, 0) is 47.9 Å². The smallest absolute Gasteiger partial charge is 0.345 e. The van der Waals surface area contributed by atoms with Crippen LogP contribution in [-0.4, -0.2) is 11.9 Å². The van der Waals surface area contributed by atoms with Gasteiger partial charge in [-0.1, -0.05) is 68.2 Å². The molecule has 0 aliphatic rings. The van der Waals surface area contributed by atoms with Gasteiger partial charge in [0.2, 0.25) is 0 Å². The molecule has 0 aliphatic carbocycles. The number of esters is 2. The van der Waals surface area contributed by atoms with E-state index >= 15 is 0 Å². The number of benzene rings is 3. The second-order valence-corrected chi connectivity index (χ2v) is 8.46. The molecule has 30 heavy (non-hydrogen) atoms. The van der Waals surface area contributed by atoms with Crippen LogP contribution in [0, 0.1) is 0 Å². The Kier molecular flexibility index (Phi) is 6.49. The molecule has 3 rings (SSSR count). The molecule has 0 radical (unpaired) electrons. The highest BCUT2D eigenvalue weighted by molar-refractivity contribution is 6.34. The van der Waals surface area contributed by atoms with Crippen molar-refractivity contribution in [2.24, 2.45) is 0 Å². The monoisotopic (exact) mass is 442 g/mol.